The lowest BCUT2D eigenvalue weighted by Crippen LogP contribution is -2.34. The summed E-state index contributed by atoms with van der Waals surface area (Å²) >= 11 is 1.33. The van der Waals surface area contributed by atoms with Crippen molar-refractivity contribution < 1.29 is 9.53 Å². The van der Waals surface area contributed by atoms with Gasteiger partial charge in [0, 0.05) is 24.7 Å². The van der Waals surface area contributed by atoms with Crippen molar-refractivity contribution in [3.05, 3.63) is 60.8 Å². The lowest BCUT2D eigenvalue weighted by atomic mass is 10.1. The standard InChI is InChI=1S/C24H23N5O2S/c1-31-21-11-5-10-20(16-21)29-22(19-8-3-2-4-9-19)17-27-24(29)32-18-23(30)28(14-6-12-25)15-7-13-26/h2-5,8-11,16-17H,6-7,14-15,18H2,1H3. The predicted molar refractivity (Wildman–Crippen MR) is 123 cm³/mol. The van der Waals surface area contributed by atoms with Gasteiger partial charge in [0.1, 0.15) is 5.75 Å². The van der Waals surface area contributed by atoms with Crippen molar-refractivity contribution in [3.63, 3.8) is 0 Å². The van der Waals surface area contributed by atoms with E-state index in [1.165, 1.54) is 11.8 Å². The van der Waals surface area contributed by atoms with Gasteiger partial charge < -0.3 is 9.64 Å². The zero-order chi connectivity index (χ0) is 22.8. The van der Waals surface area contributed by atoms with E-state index in [1.54, 1.807) is 18.2 Å². The number of nitriles is 2. The van der Waals surface area contributed by atoms with Crippen molar-refractivity contribution in [2.75, 3.05) is 26.0 Å². The molecule has 32 heavy (non-hydrogen) atoms. The zero-order valence-electron chi connectivity index (χ0n) is 17.8. The number of ether oxygens (including phenoxy) is 1. The molecule has 0 fully saturated rings. The molecule has 0 atom stereocenters. The van der Waals surface area contributed by atoms with Crippen LogP contribution in [0, 0.1) is 22.7 Å². The molecule has 0 N–H and O–H groups in total. The van der Waals surface area contributed by atoms with Gasteiger partial charge in [-0.05, 0) is 12.1 Å². The first-order valence-electron chi connectivity index (χ1n) is 10.1. The highest BCUT2D eigenvalue weighted by Crippen LogP contribution is 2.31. The Labute approximate surface area is 191 Å². The molecule has 0 unspecified atom stereocenters. The van der Waals surface area contributed by atoms with Crippen LogP contribution >= 0.6 is 11.8 Å². The minimum atomic E-state index is -0.123. The normalized spacial score (nSPS) is 10.2. The molecule has 3 aromatic rings. The number of carbonyl (C=O) groups is 1. The van der Waals surface area contributed by atoms with Gasteiger partial charge in [0.2, 0.25) is 5.91 Å². The first-order valence-corrected chi connectivity index (χ1v) is 11.1. The molecular formula is C24H23N5O2S. The van der Waals surface area contributed by atoms with Gasteiger partial charge in [-0.15, -0.1) is 0 Å². The lowest BCUT2D eigenvalue weighted by Gasteiger charge is -2.20. The average Bonchev–Trinajstić information content (AvgIpc) is 3.27. The van der Waals surface area contributed by atoms with Gasteiger partial charge in [-0.25, -0.2) is 4.98 Å². The molecule has 1 aromatic heterocycles. The number of methoxy groups -OCH3 is 1. The fourth-order valence-electron chi connectivity index (χ4n) is 3.20. The molecule has 0 aliphatic rings. The maximum absolute atomic E-state index is 12.8. The smallest absolute Gasteiger partial charge is 0.233 e. The quantitative estimate of drug-likeness (QED) is 0.432. The van der Waals surface area contributed by atoms with Gasteiger partial charge >= 0.3 is 0 Å². The number of amides is 1. The fraction of sp³-hybridized carbons (Fsp3) is 0.250. The number of imidazole rings is 1. The van der Waals surface area contributed by atoms with E-state index in [-0.39, 0.29) is 24.5 Å². The third kappa shape index (κ3) is 5.69. The van der Waals surface area contributed by atoms with Crippen molar-refractivity contribution >= 4 is 17.7 Å². The van der Waals surface area contributed by atoms with Crippen LogP contribution in [0.25, 0.3) is 16.9 Å². The van der Waals surface area contributed by atoms with Crippen LogP contribution in [0.15, 0.2) is 66.0 Å². The summed E-state index contributed by atoms with van der Waals surface area (Å²) in [4.78, 5) is 18.9. The van der Waals surface area contributed by atoms with E-state index in [1.807, 2.05) is 59.2 Å². The SMILES string of the molecule is COc1cccc(-n2c(-c3ccccc3)cnc2SCC(=O)N(CCC#N)CCC#N)c1. The topological polar surface area (TPSA) is 94.9 Å². The van der Waals surface area contributed by atoms with Crippen LogP contribution in [0.1, 0.15) is 12.8 Å². The number of hydrogen-bond donors (Lipinski definition) is 0. The Hall–Kier alpha value is -3.75. The molecular weight excluding hydrogens is 422 g/mol. The Balaban J connectivity index is 1.89. The summed E-state index contributed by atoms with van der Waals surface area (Å²) in [6, 6.07) is 21.7. The van der Waals surface area contributed by atoms with E-state index in [4.69, 9.17) is 15.3 Å². The summed E-state index contributed by atoms with van der Waals surface area (Å²) in [5.74, 6) is 0.759. The van der Waals surface area contributed by atoms with Crippen molar-refractivity contribution in [2.45, 2.75) is 18.0 Å². The predicted octanol–water partition coefficient (Wildman–Crippen LogP) is 4.30. The zero-order valence-corrected chi connectivity index (χ0v) is 18.6. The van der Waals surface area contributed by atoms with E-state index in [9.17, 15) is 4.79 Å². The monoisotopic (exact) mass is 445 g/mol. The van der Waals surface area contributed by atoms with Crippen LogP contribution in [0.2, 0.25) is 0 Å². The average molecular weight is 446 g/mol. The second kappa shape index (κ2) is 11.6. The molecule has 162 valence electrons. The molecule has 7 nitrogen and oxygen atoms in total. The molecule has 0 aliphatic heterocycles. The Morgan fingerprint density at radius 2 is 1.81 bits per heavy atom. The van der Waals surface area contributed by atoms with Crippen molar-refractivity contribution in [1.29, 1.82) is 10.5 Å². The molecule has 0 aliphatic carbocycles. The van der Waals surface area contributed by atoms with Gasteiger partial charge in [0.05, 0.1) is 55.4 Å². The van der Waals surface area contributed by atoms with Crippen molar-refractivity contribution in [3.8, 4) is 34.8 Å². The van der Waals surface area contributed by atoms with Crippen LogP contribution in [-0.4, -0.2) is 46.3 Å². The molecule has 3 rings (SSSR count). The number of carbonyl (C=O) groups excluding carboxylic acids is 1. The molecule has 0 radical (unpaired) electrons. The summed E-state index contributed by atoms with van der Waals surface area (Å²) in [6.07, 6.45) is 2.27. The number of benzene rings is 2. The number of hydrogen-bond acceptors (Lipinski definition) is 6. The van der Waals surface area contributed by atoms with Gasteiger partial charge in [-0.1, -0.05) is 48.2 Å². The van der Waals surface area contributed by atoms with E-state index < -0.39 is 0 Å². The Kier molecular flexibility index (Phi) is 8.30. The highest BCUT2D eigenvalue weighted by molar-refractivity contribution is 7.99. The second-order valence-electron chi connectivity index (χ2n) is 6.81. The number of rotatable bonds is 10. The van der Waals surface area contributed by atoms with Crippen molar-refractivity contribution in [2.24, 2.45) is 0 Å². The summed E-state index contributed by atoms with van der Waals surface area (Å²) in [7, 11) is 1.62. The third-order valence-electron chi connectivity index (χ3n) is 4.78. The van der Waals surface area contributed by atoms with E-state index in [0.29, 0.717) is 18.2 Å². The summed E-state index contributed by atoms with van der Waals surface area (Å²) < 4.78 is 7.39. The molecule has 0 saturated heterocycles. The molecule has 0 spiro atoms. The maximum Gasteiger partial charge on any atom is 0.233 e. The molecule has 0 bridgehead atoms. The van der Waals surface area contributed by atoms with Gasteiger partial charge in [-0.2, -0.15) is 10.5 Å². The van der Waals surface area contributed by atoms with Gasteiger partial charge in [-0.3, -0.25) is 9.36 Å². The van der Waals surface area contributed by atoms with Crippen LogP contribution in [0.4, 0.5) is 0 Å². The van der Waals surface area contributed by atoms with Crippen molar-refractivity contribution in [1.82, 2.24) is 14.5 Å². The summed E-state index contributed by atoms with van der Waals surface area (Å²) in [6.45, 7) is 0.633. The lowest BCUT2D eigenvalue weighted by molar-refractivity contribution is -0.128. The molecule has 1 heterocycles. The van der Waals surface area contributed by atoms with Gasteiger partial charge in [0.15, 0.2) is 5.16 Å². The van der Waals surface area contributed by atoms with E-state index in [2.05, 4.69) is 17.1 Å². The molecule has 2 aromatic carbocycles. The highest BCUT2D eigenvalue weighted by Gasteiger charge is 2.18. The first kappa shape index (κ1) is 22.9. The Bertz CT molecular complexity index is 1110. The Morgan fingerprint density at radius 1 is 1.09 bits per heavy atom. The summed E-state index contributed by atoms with van der Waals surface area (Å²) in [5.41, 5.74) is 2.78. The molecule has 8 heteroatoms. The highest BCUT2D eigenvalue weighted by atomic mass is 32.2. The van der Waals surface area contributed by atoms with Crippen LogP contribution in [0.5, 0.6) is 5.75 Å². The van der Waals surface area contributed by atoms with E-state index >= 15 is 0 Å². The van der Waals surface area contributed by atoms with Crippen LogP contribution < -0.4 is 4.74 Å². The summed E-state index contributed by atoms with van der Waals surface area (Å²) in [5, 5.41) is 18.4. The minimum Gasteiger partial charge on any atom is -0.497 e. The molecule has 1 amide bonds. The Morgan fingerprint density at radius 3 is 2.47 bits per heavy atom. The maximum atomic E-state index is 12.8. The third-order valence-corrected chi connectivity index (χ3v) is 5.71. The van der Waals surface area contributed by atoms with Crippen LogP contribution in [-0.2, 0) is 4.79 Å². The number of nitrogens with zero attached hydrogens (tertiary/aromatic N) is 5. The fourth-order valence-corrected chi connectivity index (χ4v) is 4.09. The van der Waals surface area contributed by atoms with Gasteiger partial charge in [0.25, 0.3) is 0 Å². The first-order chi connectivity index (χ1) is 15.7. The second-order valence-corrected chi connectivity index (χ2v) is 7.76. The largest absolute Gasteiger partial charge is 0.497 e. The van der Waals surface area contributed by atoms with E-state index in [0.717, 1.165) is 22.7 Å². The number of thioether (sulfide) groups is 1. The van der Waals surface area contributed by atoms with Crippen LogP contribution in [0.3, 0.4) is 0 Å². The molecule has 0 saturated carbocycles. The minimum absolute atomic E-state index is 0.123. The number of aromatic nitrogens is 2.